The molecular formula is C19H30N2O4S. The molecule has 3 heterocycles. The Labute approximate surface area is 156 Å². The van der Waals surface area contributed by atoms with Gasteiger partial charge in [-0.05, 0) is 55.7 Å². The van der Waals surface area contributed by atoms with Gasteiger partial charge in [-0.1, -0.05) is 6.92 Å². The molecule has 1 atom stereocenters. The lowest BCUT2D eigenvalue weighted by molar-refractivity contribution is -0.0618. The van der Waals surface area contributed by atoms with Gasteiger partial charge in [0.1, 0.15) is 0 Å². The fourth-order valence-corrected chi connectivity index (χ4v) is 5.68. The van der Waals surface area contributed by atoms with Crippen molar-refractivity contribution in [2.45, 2.75) is 51.2 Å². The Kier molecular flexibility index (Phi) is 6.66. The highest BCUT2D eigenvalue weighted by molar-refractivity contribution is 7.89. The minimum atomic E-state index is -3.10. The smallest absolute Gasteiger partial charge is 0.214 e. The zero-order valence-electron chi connectivity index (χ0n) is 15.6. The number of sulfonamides is 1. The van der Waals surface area contributed by atoms with Crippen molar-refractivity contribution in [3.05, 3.63) is 30.1 Å². The van der Waals surface area contributed by atoms with Crippen LogP contribution in [0.1, 0.15) is 44.6 Å². The summed E-state index contributed by atoms with van der Waals surface area (Å²) >= 11 is 0. The summed E-state index contributed by atoms with van der Waals surface area (Å²) in [5.41, 5.74) is 0.977. The highest BCUT2D eigenvalue weighted by Gasteiger charge is 2.47. The summed E-state index contributed by atoms with van der Waals surface area (Å²) in [6.07, 6.45) is 7.82. The standard InChI is InChI=1S/C19H30N2O4S/c1-2-15-26(22,23)21-11-7-19(8-12-21)18(6-14-25-19)5-13-24-16-17-3-9-20-10-4-17/h3-4,9-10,18H,2,5-8,11-16H2,1H3/t18-/m0/s1. The van der Waals surface area contributed by atoms with E-state index >= 15 is 0 Å². The third kappa shape index (κ3) is 4.63. The van der Waals surface area contributed by atoms with Gasteiger partial charge in [0.2, 0.25) is 10.0 Å². The fraction of sp³-hybridized carbons (Fsp3) is 0.737. The molecule has 0 saturated carbocycles. The molecule has 1 aromatic heterocycles. The lowest BCUT2D eigenvalue weighted by Gasteiger charge is -2.41. The van der Waals surface area contributed by atoms with Gasteiger partial charge in [-0.2, -0.15) is 0 Å². The van der Waals surface area contributed by atoms with Crippen molar-refractivity contribution in [2.24, 2.45) is 5.92 Å². The van der Waals surface area contributed by atoms with E-state index in [1.807, 2.05) is 19.1 Å². The molecule has 0 amide bonds. The molecule has 1 aromatic rings. The van der Waals surface area contributed by atoms with E-state index < -0.39 is 10.0 Å². The molecule has 0 N–H and O–H groups in total. The lowest BCUT2D eigenvalue weighted by atomic mass is 9.78. The maximum Gasteiger partial charge on any atom is 0.214 e. The van der Waals surface area contributed by atoms with Gasteiger partial charge in [0.25, 0.3) is 0 Å². The monoisotopic (exact) mass is 382 g/mol. The Morgan fingerprint density at radius 1 is 1.31 bits per heavy atom. The van der Waals surface area contributed by atoms with Crippen LogP contribution in [0.4, 0.5) is 0 Å². The lowest BCUT2D eigenvalue weighted by Crippen LogP contribution is -2.50. The molecule has 1 spiro atoms. The van der Waals surface area contributed by atoms with Gasteiger partial charge >= 0.3 is 0 Å². The summed E-state index contributed by atoms with van der Waals surface area (Å²) in [5, 5.41) is 0. The molecule has 2 aliphatic heterocycles. The molecule has 7 heteroatoms. The van der Waals surface area contributed by atoms with E-state index in [0.717, 1.165) is 37.9 Å². The van der Waals surface area contributed by atoms with Crippen LogP contribution in [-0.2, 0) is 26.1 Å². The summed E-state index contributed by atoms with van der Waals surface area (Å²) in [6.45, 7) is 5.15. The molecule has 0 radical (unpaired) electrons. The quantitative estimate of drug-likeness (QED) is 0.647. The second-order valence-corrected chi connectivity index (χ2v) is 9.40. The average Bonchev–Trinajstić information content (AvgIpc) is 3.02. The van der Waals surface area contributed by atoms with Gasteiger partial charge in [0.05, 0.1) is 18.0 Å². The Bertz CT molecular complexity index is 657. The van der Waals surface area contributed by atoms with Crippen LogP contribution < -0.4 is 0 Å². The number of pyridine rings is 1. The summed E-state index contributed by atoms with van der Waals surface area (Å²) in [6, 6.07) is 3.93. The fourth-order valence-electron chi connectivity index (χ4n) is 4.17. The first kappa shape index (κ1) is 19.7. The van der Waals surface area contributed by atoms with Gasteiger partial charge in [-0.25, -0.2) is 12.7 Å². The van der Waals surface area contributed by atoms with E-state index in [1.165, 1.54) is 0 Å². The molecule has 2 fully saturated rings. The van der Waals surface area contributed by atoms with Gasteiger partial charge in [0, 0.05) is 38.7 Å². The van der Waals surface area contributed by atoms with Crippen molar-refractivity contribution in [3.63, 3.8) is 0 Å². The SMILES string of the molecule is CCCS(=O)(=O)N1CCC2(CC1)OCC[C@@H]2CCOCc1ccncc1. The highest BCUT2D eigenvalue weighted by Crippen LogP contribution is 2.42. The maximum absolute atomic E-state index is 12.3. The van der Waals surface area contributed by atoms with Crippen LogP contribution in [0.15, 0.2) is 24.5 Å². The zero-order chi connectivity index (χ0) is 18.5. The predicted molar refractivity (Wildman–Crippen MR) is 100 cm³/mol. The number of hydrogen-bond acceptors (Lipinski definition) is 5. The van der Waals surface area contributed by atoms with E-state index in [0.29, 0.717) is 38.6 Å². The van der Waals surface area contributed by atoms with Crippen molar-refractivity contribution in [2.75, 3.05) is 32.1 Å². The molecule has 0 aliphatic carbocycles. The summed E-state index contributed by atoms with van der Waals surface area (Å²) in [4.78, 5) is 4.01. The van der Waals surface area contributed by atoms with Crippen molar-refractivity contribution < 1.29 is 17.9 Å². The van der Waals surface area contributed by atoms with Crippen LogP contribution in [0.25, 0.3) is 0 Å². The van der Waals surface area contributed by atoms with E-state index in [-0.39, 0.29) is 11.4 Å². The first-order chi connectivity index (χ1) is 12.6. The van der Waals surface area contributed by atoms with Crippen molar-refractivity contribution in [1.82, 2.24) is 9.29 Å². The van der Waals surface area contributed by atoms with Crippen LogP contribution in [0.2, 0.25) is 0 Å². The van der Waals surface area contributed by atoms with Gasteiger partial charge in [-0.3, -0.25) is 4.98 Å². The van der Waals surface area contributed by atoms with Crippen molar-refractivity contribution in [1.29, 1.82) is 0 Å². The first-order valence-corrected chi connectivity index (χ1v) is 11.2. The molecule has 0 bridgehead atoms. The van der Waals surface area contributed by atoms with Crippen LogP contribution in [0.5, 0.6) is 0 Å². The predicted octanol–water partition coefficient (Wildman–Crippen LogP) is 2.60. The van der Waals surface area contributed by atoms with Crippen LogP contribution >= 0.6 is 0 Å². The van der Waals surface area contributed by atoms with Crippen LogP contribution in [-0.4, -0.2) is 55.4 Å². The second-order valence-electron chi connectivity index (χ2n) is 7.31. The molecule has 2 aliphatic rings. The normalized spacial score (nSPS) is 23.5. The minimum absolute atomic E-state index is 0.155. The minimum Gasteiger partial charge on any atom is -0.377 e. The molecule has 3 rings (SSSR count). The third-order valence-corrected chi connectivity index (χ3v) is 7.73. The van der Waals surface area contributed by atoms with E-state index in [2.05, 4.69) is 4.98 Å². The summed E-state index contributed by atoms with van der Waals surface area (Å²) < 4.78 is 38.2. The summed E-state index contributed by atoms with van der Waals surface area (Å²) in [7, 11) is -3.10. The number of rotatable bonds is 8. The van der Waals surface area contributed by atoms with Gasteiger partial charge in [0.15, 0.2) is 0 Å². The van der Waals surface area contributed by atoms with E-state index in [1.54, 1.807) is 16.7 Å². The molecule has 2 saturated heterocycles. The van der Waals surface area contributed by atoms with Gasteiger partial charge in [-0.15, -0.1) is 0 Å². The molecular weight excluding hydrogens is 352 g/mol. The average molecular weight is 383 g/mol. The molecule has 146 valence electrons. The van der Waals surface area contributed by atoms with Crippen molar-refractivity contribution >= 4 is 10.0 Å². The zero-order valence-corrected chi connectivity index (χ0v) is 16.4. The Balaban J connectivity index is 1.47. The van der Waals surface area contributed by atoms with Crippen molar-refractivity contribution in [3.8, 4) is 0 Å². The van der Waals surface area contributed by atoms with Crippen LogP contribution in [0.3, 0.4) is 0 Å². The number of piperidine rings is 1. The Morgan fingerprint density at radius 2 is 2.04 bits per heavy atom. The van der Waals surface area contributed by atoms with E-state index in [9.17, 15) is 8.42 Å². The number of aromatic nitrogens is 1. The molecule has 0 aromatic carbocycles. The Morgan fingerprint density at radius 3 is 2.73 bits per heavy atom. The summed E-state index contributed by atoms with van der Waals surface area (Å²) in [5.74, 6) is 0.698. The maximum atomic E-state index is 12.3. The number of ether oxygens (including phenoxy) is 2. The molecule has 26 heavy (non-hydrogen) atoms. The van der Waals surface area contributed by atoms with E-state index in [4.69, 9.17) is 9.47 Å². The highest BCUT2D eigenvalue weighted by atomic mass is 32.2. The second kappa shape index (κ2) is 8.78. The largest absolute Gasteiger partial charge is 0.377 e. The van der Waals surface area contributed by atoms with Crippen LogP contribution in [0, 0.1) is 5.92 Å². The third-order valence-electron chi connectivity index (χ3n) is 5.65. The Hall–Kier alpha value is -1.02. The molecule has 0 unspecified atom stereocenters. The number of hydrogen-bond donors (Lipinski definition) is 0. The topological polar surface area (TPSA) is 68.7 Å². The molecule has 6 nitrogen and oxygen atoms in total. The first-order valence-electron chi connectivity index (χ1n) is 9.64. The van der Waals surface area contributed by atoms with Gasteiger partial charge < -0.3 is 9.47 Å². The number of nitrogens with zero attached hydrogens (tertiary/aromatic N) is 2.